The standard InChI is InChI=1S/C25H23BrN8O4/c1-3-11-34(14-17-12-18-20(13-19(17)26)27-15(2)28-23(18)38)25(10-9-21(35)36,24-30-32-33-31-24)29-22(37)16-7-5-4-6-8-16/h1,4-8,12-13H,9-11,14H2,2H3,(H,29,37)(H,35,36)(H,27,28,38)(H,30,31,32,33). The summed E-state index contributed by atoms with van der Waals surface area (Å²) in [5.41, 5.74) is -0.365. The van der Waals surface area contributed by atoms with Crippen molar-refractivity contribution in [2.75, 3.05) is 6.54 Å². The number of amides is 1. The summed E-state index contributed by atoms with van der Waals surface area (Å²) in [5, 5.41) is 26.9. The number of aliphatic carboxylic acids is 1. The number of carbonyl (C=O) groups is 2. The number of tetrazole rings is 1. The van der Waals surface area contributed by atoms with E-state index in [0.29, 0.717) is 32.3 Å². The zero-order valence-corrected chi connectivity index (χ0v) is 21.8. The van der Waals surface area contributed by atoms with Gasteiger partial charge in [-0.1, -0.05) is 40.0 Å². The maximum Gasteiger partial charge on any atom is 0.303 e. The highest BCUT2D eigenvalue weighted by Gasteiger charge is 2.44. The molecule has 1 amide bonds. The second-order valence-electron chi connectivity index (χ2n) is 8.50. The number of nitrogens with one attached hydrogen (secondary N) is 3. The number of terminal acetylenes is 1. The molecular weight excluding hydrogens is 556 g/mol. The van der Waals surface area contributed by atoms with E-state index in [9.17, 15) is 19.5 Å². The number of aromatic nitrogens is 6. The number of halogens is 1. The number of nitrogens with zero attached hydrogens (tertiary/aromatic N) is 5. The van der Waals surface area contributed by atoms with E-state index in [0.717, 1.165) is 0 Å². The number of aryl methyl sites for hydroxylation is 1. The van der Waals surface area contributed by atoms with Crippen LogP contribution in [-0.4, -0.2) is 59.0 Å². The van der Waals surface area contributed by atoms with Gasteiger partial charge in [-0.2, -0.15) is 0 Å². The molecule has 0 aliphatic carbocycles. The number of rotatable bonds is 10. The second kappa shape index (κ2) is 11.3. The van der Waals surface area contributed by atoms with Crippen LogP contribution in [0.2, 0.25) is 0 Å². The number of carbonyl (C=O) groups excluding carboxylic acids is 1. The van der Waals surface area contributed by atoms with Crippen molar-refractivity contribution >= 4 is 38.7 Å². The molecular formula is C25H23BrN8O4. The summed E-state index contributed by atoms with van der Waals surface area (Å²) in [4.78, 5) is 46.5. The van der Waals surface area contributed by atoms with Gasteiger partial charge < -0.3 is 15.4 Å². The lowest BCUT2D eigenvalue weighted by Crippen LogP contribution is -2.59. The Balaban J connectivity index is 1.85. The molecule has 0 radical (unpaired) electrons. The van der Waals surface area contributed by atoms with Gasteiger partial charge in [0.1, 0.15) is 5.82 Å². The molecule has 4 aromatic rings. The highest BCUT2D eigenvalue weighted by molar-refractivity contribution is 9.10. The minimum atomic E-state index is -1.55. The molecule has 0 saturated carbocycles. The fourth-order valence-corrected chi connectivity index (χ4v) is 4.64. The molecule has 12 nitrogen and oxygen atoms in total. The van der Waals surface area contributed by atoms with Crippen molar-refractivity contribution in [3.8, 4) is 12.3 Å². The lowest BCUT2D eigenvalue weighted by Gasteiger charge is -2.41. The quantitative estimate of drug-likeness (QED) is 0.162. The average Bonchev–Trinajstić information content (AvgIpc) is 3.43. The lowest BCUT2D eigenvalue weighted by atomic mass is 9.97. The highest BCUT2D eigenvalue weighted by atomic mass is 79.9. The zero-order chi connectivity index (χ0) is 27.3. The SMILES string of the molecule is C#CCN(Cc1cc2c(=O)[nH]c(C)nc2cc1Br)C(CCC(=O)O)(NC(=O)c1ccccc1)c1nnn[nH]1. The third kappa shape index (κ3) is 5.61. The average molecular weight is 579 g/mol. The first kappa shape index (κ1) is 26.6. The monoisotopic (exact) mass is 578 g/mol. The van der Waals surface area contributed by atoms with E-state index >= 15 is 0 Å². The summed E-state index contributed by atoms with van der Waals surface area (Å²) >= 11 is 3.55. The molecule has 4 N–H and O–H groups in total. The number of aromatic amines is 2. The fourth-order valence-electron chi connectivity index (χ4n) is 4.18. The summed E-state index contributed by atoms with van der Waals surface area (Å²) in [7, 11) is 0. The van der Waals surface area contributed by atoms with Crippen LogP contribution in [0.15, 0.2) is 51.7 Å². The molecule has 0 fully saturated rings. The minimum Gasteiger partial charge on any atom is -0.481 e. The topological polar surface area (TPSA) is 170 Å². The van der Waals surface area contributed by atoms with Crippen LogP contribution in [-0.2, 0) is 17.0 Å². The van der Waals surface area contributed by atoms with Gasteiger partial charge in [0.15, 0.2) is 11.5 Å². The number of carboxylic acids is 1. The van der Waals surface area contributed by atoms with E-state index in [1.165, 1.54) is 0 Å². The van der Waals surface area contributed by atoms with Crippen LogP contribution in [0, 0.1) is 19.3 Å². The first-order valence-corrected chi connectivity index (χ1v) is 12.2. The van der Waals surface area contributed by atoms with Crippen LogP contribution in [0.25, 0.3) is 10.9 Å². The van der Waals surface area contributed by atoms with Gasteiger partial charge in [-0.05, 0) is 47.2 Å². The van der Waals surface area contributed by atoms with Gasteiger partial charge in [-0.3, -0.25) is 19.3 Å². The summed E-state index contributed by atoms with van der Waals surface area (Å²) < 4.78 is 0.640. The van der Waals surface area contributed by atoms with E-state index in [1.807, 2.05) is 0 Å². The molecule has 2 heterocycles. The van der Waals surface area contributed by atoms with Crippen LogP contribution in [0.1, 0.15) is 40.4 Å². The molecule has 4 rings (SSSR count). The lowest BCUT2D eigenvalue weighted by molar-refractivity contribution is -0.138. The number of hydrogen-bond acceptors (Lipinski definition) is 8. The van der Waals surface area contributed by atoms with Crippen LogP contribution in [0.5, 0.6) is 0 Å². The van der Waals surface area contributed by atoms with Gasteiger partial charge in [0.25, 0.3) is 11.5 Å². The number of carboxylic acid groups (broad SMARTS) is 1. The van der Waals surface area contributed by atoms with Gasteiger partial charge in [-0.25, -0.2) is 10.1 Å². The Labute approximate surface area is 225 Å². The molecule has 2 aromatic carbocycles. The minimum absolute atomic E-state index is 0.0254. The summed E-state index contributed by atoms with van der Waals surface area (Å²) in [6, 6.07) is 11.8. The van der Waals surface area contributed by atoms with Crippen LogP contribution in [0.4, 0.5) is 0 Å². The van der Waals surface area contributed by atoms with Crippen molar-refractivity contribution < 1.29 is 14.7 Å². The number of H-pyrrole nitrogens is 2. The molecule has 1 unspecified atom stereocenters. The molecule has 1 atom stereocenters. The van der Waals surface area contributed by atoms with Crippen LogP contribution < -0.4 is 10.9 Å². The predicted octanol–water partition coefficient (Wildman–Crippen LogP) is 2.09. The summed E-state index contributed by atoms with van der Waals surface area (Å²) in [6.07, 6.45) is 5.29. The van der Waals surface area contributed by atoms with E-state index < -0.39 is 17.5 Å². The van der Waals surface area contributed by atoms with Crippen molar-refractivity contribution in [2.45, 2.75) is 32.0 Å². The normalized spacial score (nSPS) is 12.7. The molecule has 2 aromatic heterocycles. The van der Waals surface area contributed by atoms with Crippen molar-refractivity contribution in [3.05, 3.63) is 80.1 Å². The van der Waals surface area contributed by atoms with Gasteiger partial charge in [0.05, 0.1) is 17.4 Å². The Morgan fingerprint density at radius 2 is 2.03 bits per heavy atom. The van der Waals surface area contributed by atoms with Gasteiger partial charge in [0.2, 0.25) is 0 Å². The molecule has 38 heavy (non-hydrogen) atoms. The second-order valence-corrected chi connectivity index (χ2v) is 9.35. The van der Waals surface area contributed by atoms with Gasteiger partial charge >= 0.3 is 5.97 Å². The van der Waals surface area contributed by atoms with Crippen molar-refractivity contribution in [1.82, 2.24) is 40.8 Å². The molecule has 194 valence electrons. The maximum absolute atomic E-state index is 13.4. The molecule has 0 bridgehead atoms. The Morgan fingerprint density at radius 1 is 1.26 bits per heavy atom. The van der Waals surface area contributed by atoms with E-state index in [1.54, 1.807) is 54.3 Å². The zero-order valence-electron chi connectivity index (χ0n) is 20.2. The van der Waals surface area contributed by atoms with Gasteiger partial charge in [-0.15, -0.1) is 11.5 Å². The van der Waals surface area contributed by atoms with Crippen LogP contribution in [0.3, 0.4) is 0 Å². The molecule has 0 aliphatic heterocycles. The molecule has 0 aliphatic rings. The smallest absolute Gasteiger partial charge is 0.303 e. The number of hydrogen-bond donors (Lipinski definition) is 4. The maximum atomic E-state index is 13.4. The Morgan fingerprint density at radius 3 is 2.68 bits per heavy atom. The third-order valence-electron chi connectivity index (χ3n) is 5.97. The van der Waals surface area contributed by atoms with Crippen molar-refractivity contribution in [3.63, 3.8) is 0 Å². The van der Waals surface area contributed by atoms with E-state index in [2.05, 4.69) is 57.8 Å². The van der Waals surface area contributed by atoms with Gasteiger partial charge in [0, 0.05) is 29.4 Å². The van der Waals surface area contributed by atoms with Crippen molar-refractivity contribution in [2.24, 2.45) is 0 Å². The summed E-state index contributed by atoms with van der Waals surface area (Å²) in [5.74, 6) is 1.59. The Kier molecular flexibility index (Phi) is 7.94. The van der Waals surface area contributed by atoms with E-state index in [-0.39, 0.29) is 37.3 Å². The molecule has 13 heteroatoms. The highest BCUT2D eigenvalue weighted by Crippen LogP contribution is 2.32. The molecule has 0 spiro atoms. The van der Waals surface area contributed by atoms with Crippen LogP contribution >= 0.6 is 15.9 Å². The first-order chi connectivity index (χ1) is 18.2. The van der Waals surface area contributed by atoms with E-state index in [4.69, 9.17) is 6.42 Å². The first-order valence-electron chi connectivity index (χ1n) is 11.4. The fraction of sp³-hybridized carbons (Fsp3) is 0.240. The number of fused-ring (bicyclic) bond motifs is 1. The predicted molar refractivity (Wildman–Crippen MR) is 141 cm³/mol. The third-order valence-corrected chi connectivity index (χ3v) is 6.71. The molecule has 0 saturated heterocycles. The summed E-state index contributed by atoms with van der Waals surface area (Å²) in [6.45, 7) is 1.75. The Hall–Kier alpha value is -4.41. The largest absolute Gasteiger partial charge is 0.481 e. The Bertz CT molecular complexity index is 1570. The van der Waals surface area contributed by atoms with Crippen molar-refractivity contribution in [1.29, 1.82) is 0 Å². The number of benzene rings is 2.